The number of ether oxygens (including phenoxy) is 1. The van der Waals surface area contributed by atoms with Crippen LogP contribution in [0.15, 0.2) is 18.2 Å². The summed E-state index contributed by atoms with van der Waals surface area (Å²) in [5, 5.41) is 5.94. The predicted octanol–water partition coefficient (Wildman–Crippen LogP) is 3.70. The monoisotopic (exact) mass is 304 g/mol. The molecule has 0 atom stereocenters. The first-order valence-corrected chi connectivity index (χ1v) is 8.39. The second kappa shape index (κ2) is 8.66. The van der Waals surface area contributed by atoms with E-state index in [2.05, 4.69) is 30.5 Å². The van der Waals surface area contributed by atoms with E-state index in [1.807, 2.05) is 12.1 Å². The number of amides is 2. The van der Waals surface area contributed by atoms with Crippen LogP contribution >= 0.6 is 0 Å². The van der Waals surface area contributed by atoms with Crippen LogP contribution in [0.1, 0.15) is 49.7 Å². The van der Waals surface area contributed by atoms with E-state index in [1.54, 1.807) is 0 Å². The Kier molecular flexibility index (Phi) is 6.56. The van der Waals surface area contributed by atoms with Gasteiger partial charge in [-0.1, -0.05) is 31.7 Å². The largest absolute Gasteiger partial charge is 0.492 e. The van der Waals surface area contributed by atoms with Crippen molar-refractivity contribution in [2.75, 3.05) is 13.2 Å². The van der Waals surface area contributed by atoms with Crippen LogP contribution < -0.4 is 15.4 Å². The van der Waals surface area contributed by atoms with Gasteiger partial charge in [0.2, 0.25) is 0 Å². The zero-order valence-electron chi connectivity index (χ0n) is 13.8. The maximum Gasteiger partial charge on any atom is 0.315 e. The molecule has 0 radical (unpaired) electrons. The van der Waals surface area contributed by atoms with Gasteiger partial charge in [-0.2, -0.15) is 0 Å². The lowest BCUT2D eigenvalue weighted by molar-refractivity contribution is 0.231. The lowest BCUT2D eigenvalue weighted by Gasteiger charge is -2.17. The SMILES string of the molecule is Cc1cc(C)cc(OCCNC(=O)NC2CCCCCC2)c1. The summed E-state index contributed by atoms with van der Waals surface area (Å²) in [7, 11) is 0. The van der Waals surface area contributed by atoms with Crippen molar-refractivity contribution in [1.29, 1.82) is 0 Å². The van der Waals surface area contributed by atoms with Crippen LogP contribution in [0.3, 0.4) is 0 Å². The predicted molar refractivity (Wildman–Crippen MR) is 89.4 cm³/mol. The molecule has 0 spiro atoms. The van der Waals surface area contributed by atoms with Crippen LogP contribution in [0, 0.1) is 13.8 Å². The van der Waals surface area contributed by atoms with Crippen molar-refractivity contribution in [3.8, 4) is 5.75 Å². The Morgan fingerprint density at radius 2 is 1.73 bits per heavy atom. The smallest absolute Gasteiger partial charge is 0.315 e. The molecule has 1 saturated carbocycles. The van der Waals surface area contributed by atoms with Crippen LogP contribution in [0.4, 0.5) is 4.79 Å². The van der Waals surface area contributed by atoms with Crippen LogP contribution in [0.25, 0.3) is 0 Å². The third-order valence-corrected chi connectivity index (χ3v) is 4.04. The summed E-state index contributed by atoms with van der Waals surface area (Å²) in [6, 6.07) is 6.40. The van der Waals surface area contributed by atoms with Gasteiger partial charge in [0.25, 0.3) is 0 Å². The Bertz CT molecular complexity index is 460. The zero-order valence-corrected chi connectivity index (χ0v) is 13.8. The van der Waals surface area contributed by atoms with Crippen molar-refractivity contribution in [2.24, 2.45) is 0 Å². The number of urea groups is 1. The summed E-state index contributed by atoms with van der Waals surface area (Å²) in [6.07, 6.45) is 7.24. The highest BCUT2D eigenvalue weighted by Gasteiger charge is 2.14. The van der Waals surface area contributed by atoms with E-state index < -0.39 is 0 Å². The van der Waals surface area contributed by atoms with E-state index in [9.17, 15) is 4.79 Å². The number of benzene rings is 1. The summed E-state index contributed by atoms with van der Waals surface area (Å²) in [4.78, 5) is 11.9. The quantitative estimate of drug-likeness (QED) is 0.643. The fraction of sp³-hybridized carbons (Fsp3) is 0.611. The normalized spacial score (nSPS) is 15.9. The first-order valence-electron chi connectivity index (χ1n) is 8.39. The van der Waals surface area contributed by atoms with Crippen molar-refractivity contribution >= 4 is 6.03 Å². The molecule has 122 valence electrons. The van der Waals surface area contributed by atoms with E-state index >= 15 is 0 Å². The molecule has 2 amide bonds. The van der Waals surface area contributed by atoms with E-state index in [0.717, 1.165) is 18.6 Å². The van der Waals surface area contributed by atoms with Crippen LogP contribution in [-0.4, -0.2) is 25.2 Å². The minimum atomic E-state index is -0.0732. The van der Waals surface area contributed by atoms with E-state index in [4.69, 9.17) is 4.74 Å². The highest BCUT2D eigenvalue weighted by atomic mass is 16.5. The van der Waals surface area contributed by atoms with Gasteiger partial charge in [-0.05, 0) is 49.9 Å². The summed E-state index contributed by atoms with van der Waals surface area (Å²) in [5.74, 6) is 0.864. The minimum absolute atomic E-state index is 0.0732. The topological polar surface area (TPSA) is 50.4 Å². The second-order valence-electron chi connectivity index (χ2n) is 6.26. The molecule has 0 heterocycles. The van der Waals surface area contributed by atoms with Gasteiger partial charge in [-0.3, -0.25) is 0 Å². The van der Waals surface area contributed by atoms with Crippen molar-refractivity contribution in [3.63, 3.8) is 0 Å². The number of rotatable bonds is 5. The third-order valence-electron chi connectivity index (χ3n) is 4.04. The fourth-order valence-corrected chi connectivity index (χ4v) is 3.01. The van der Waals surface area contributed by atoms with Crippen molar-refractivity contribution in [2.45, 2.75) is 58.4 Å². The third kappa shape index (κ3) is 5.96. The second-order valence-corrected chi connectivity index (χ2v) is 6.26. The molecule has 1 aliphatic carbocycles. The Labute approximate surface area is 133 Å². The van der Waals surface area contributed by atoms with Crippen molar-refractivity contribution in [3.05, 3.63) is 29.3 Å². The van der Waals surface area contributed by atoms with Gasteiger partial charge in [0.15, 0.2) is 0 Å². The molecule has 4 heteroatoms. The molecule has 1 aromatic rings. The van der Waals surface area contributed by atoms with Crippen molar-refractivity contribution < 1.29 is 9.53 Å². The van der Waals surface area contributed by atoms with Gasteiger partial charge in [0, 0.05) is 6.04 Å². The van der Waals surface area contributed by atoms with Gasteiger partial charge in [0.05, 0.1) is 6.54 Å². The van der Waals surface area contributed by atoms with E-state index in [-0.39, 0.29) is 6.03 Å². The number of aryl methyl sites for hydroxylation is 2. The molecule has 0 bridgehead atoms. The molecule has 2 rings (SSSR count). The number of nitrogens with one attached hydrogen (secondary N) is 2. The summed E-state index contributed by atoms with van der Waals surface area (Å²) >= 11 is 0. The van der Waals surface area contributed by atoms with Crippen LogP contribution in [0.5, 0.6) is 5.75 Å². The lowest BCUT2D eigenvalue weighted by Crippen LogP contribution is -2.43. The van der Waals surface area contributed by atoms with Crippen molar-refractivity contribution in [1.82, 2.24) is 10.6 Å². The highest BCUT2D eigenvalue weighted by molar-refractivity contribution is 5.74. The average molecular weight is 304 g/mol. The summed E-state index contributed by atoms with van der Waals surface area (Å²) < 4.78 is 5.69. The molecule has 1 fully saturated rings. The molecule has 2 N–H and O–H groups in total. The molecule has 4 nitrogen and oxygen atoms in total. The van der Waals surface area contributed by atoms with Gasteiger partial charge < -0.3 is 15.4 Å². The molecule has 0 aromatic heterocycles. The molecular formula is C18H28N2O2. The first kappa shape index (κ1) is 16.7. The van der Waals surface area contributed by atoms with E-state index in [1.165, 1.54) is 36.8 Å². The molecule has 0 aliphatic heterocycles. The Morgan fingerprint density at radius 1 is 1.09 bits per heavy atom. The van der Waals surface area contributed by atoms with Gasteiger partial charge >= 0.3 is 6.03 Å². The maximum atomic E-state index is 11.9. The van der Waals surface area contributed by atoms with Crippen LogP contribution in [0.2, 0.25) is 0 Å². The molecular weight excluding hydrogens is 276 g/mol. The number of hydrogen-bond acceptors (Lipinski definition) is 2. The summed E-state index contributed by atoms with van der Waals surface area (Å²) in [6.45, 7) is 5.11. The van der Waals surface area contributed by atoms with Gasteiger partial charge in [-0.15, -0.1) is 0 Å². The molecule has 1 aliphatic rings. The molecule has 1 aromatic carbocycles. The number of hydrogen-bond donors (Lipinski definition) is 2. The zero-order chi connectivity index (χ0) is 15.8. The van der Waals surface area contributed by atoms with Gasteiger partial charge in [0.1, 0.15) is 12.4 Å². The number of carbonyl (C=O) groups excluding carboxylic acids is 1. The Morgan fingerprint density at radius 3 is 2.36 bits per heavy atom. The Balaban J connectivity index is 1.64. The standard InChI is InChI=1S/C18H28N2O2/c1-14-11-15(2)13-17(12-14)22-10-9-19-18(21)20-16-7-5-3-4-6-8-16/h11-13,16H,3-10H2,1-2H3,(H2,19,20,21). The molecule has 22 heavy (non-hydrogen) atoms. The van der Waals surface area contributed by atoms with Crippen LogP contribution in [-0.2, 0) is 0 Å². The Hall–Kier alpha value is -1.71. The fourth-order valence-electron chi connectivity index (χ4n) is 3.01. The molecule has 0 unspecified atom stereocenters. The summed E-state index contributed by atoms with van der Waals surface area (Å²) in [5.41, 5.74) is 2.38. The lowest BCUT2D eigenvalue weighted by atomic mass is 10.1. The highest BCUT2D eigenvalue weighted by Crippen LogP contribution is 2.17. The van der Waals surface area contributed by atoms with E-state index in [0.29, 0.717) is 19.2 Å². The minimum Gasteiger partial charge on any atom is -0.492 e. The average Bonchev–Trinajstić information content (AvgIpc) is 2.71. The molecule has 0 saturated heterocycles. The maximum absolute atomic E-state index is 11.9. The number of carbonyl (C=O) groups is 1. The van der Waals surface area contributed by atoms with Gasteiger partial charge in [-0.25, -0.2) is 4.79 Å². The first-order chi connectivity index (χ1) is 10.6.